The SMILES string of the molecule is Cc1cc(CSc2ccccc2C(=O)OCC(=O)NC(C)C(C)C)on1. The van der Waals surface area contributed by atoms with Crippen LogP contribution in [-0.4, -0.2) is 29.7 Å². The zero-order chi connectivity index (χ0) is 19.1. The molecule has 0 saturated carbocycles. The molecule has 140 valence electrons. The van der Waals surface area contributed by atoms with Crippen molar-refractivity contribution in [2.24, 2.45) is 5.92 Å². The molecule has 7 heteroatoms. The summed E-state index contributed by atoms with van der Waals surface area (Å²) in [7, 11) is 0. The van der Waals surface area contributed by atoms with Gasteiger partial charge in [0.05, 0.1) is 17.0 Å². The van der Waals surface area contributed by atoms with Crippen LogP contribution < -0.4 is 5.32 Å². The van der Waals surface area contributed by atoms with E-state index in [2.05, 4.69) is 10.5 Å². The lowest BCUT2D eigenvalue weighted by molar-refractivity contribution is -0.125. The Morgan fingerprint density at radius 3 is 2.65 bits per heavy atom. The lowest BCUT2D eigenvalue weighted by Crippen LogP contribution is -2.38. The molecule has 1 N–H and O–H groups in total. The number of nitrogens with zero attached hydrogens (tertiary/aromatic N) is 1. The second kappa shape index (κ2) is 9.43. The summed E-state index contributed by atoms with van der Waals surface area (Å²) in [4.78, 5) is 25.0. The first kappa shape index (κ1) is 20.0. The van der Waals surface area contributed by atoms with Crippen molar-refractivity contribution in [3.8, 4) is 0 Å². The van der Waals surface area contributed by atoms with Crippen LogP contribution in [0, 0.1) is 12.8 Å². The number of carbonyl (C=O) groups excluding carboxylic acids is 2. The van der Waals surface area contributed by atoms with Gasteiger partial charge in [-0.2, -0.15) is 0 Å². The van der Waals surface area contributed by atoms with E-state index < -0.39 is 5.97 Å². The maximum atomic E-state index is 12.4. The van der Waals surface area contributed by atoms with E-state index in [1.807, 2.05) is 45.9 Å². The summed E-state index contributed by atoms with van der Waals surface area (Å²) < 4.78 is 10.3. The van der Waals surface area contributed by atoms with E-state index in [4.69, 9.17) is 9.26 Å². The van der Waals surface area contributed by atoms with Crippen LogP contribution in [0.5, 0.6) is 0 Å². The number of thioether (sulfide) groups is 1. The number of hydrogen-bond donors (Lipinski definition) is 1. The van der Waals surface area contributed by atoms with Gasteiger partial charge in [0, 0.05) is 17.0 Å². The van der Waals surface area contributed by atoms with E-state index in [1.165, 1.54) is 11.8 Å². The number of nitrogens with one attached hydrogen (secondary N) is 1. The van der Waals surface area contributed by atoms with Crippen LogP contribution in [-0.2, 0) is 15.3 Å². The quantitative estimate of drug-likeness (QED) is 0.560. The van der Waals surface area contributed by atoms with Crippen molar-refractivity contribution in [3.63, 3.8) is 0 Å². The normalized spacial score (nSPS) is 12.0. The van der Waals surface area contributed by atoms with E-state index in [9.17, 15) is 9.59 Å². The molecular weight excluding hydrogens is 352 g/mol. The predicted octanol–water partition coefficient (Wildman–Crippen LogP) is 3.59. The number of amides is 1. The van der Waals surface area contributed by atoms with Gasteiger partial charge < -0.3 is 14.6 Å². The minimum Gasteiger partial charge on any atom is -0.452 e. The minimum atomic E-state index is -0.519. The van der Waals surface area contributed by atoms with Gasteiger partial charge in [-0.25, -0.2) is 4.79 Å². The number of esters is 1. The molecule has 2 aromatic rings. The Balaban J connectivity index is 1.93. The number of hydrogen-bond acceptors (Lipinski definition) is 6. The van der Waals surface area contributed by atoms with E-state index in [0.717, 1.165) is 16.3 Å². The molecule has 1 atom stereocenters. The van der Waals surface area contributed by atoms with Crippen molar-refractivity contribution in [1.29, 1.82) is 0 Å². The molecular formula is C19H24N2O4S. The van der Waals surface area contributed by atoms with Crippen molar-refractivity contribution < 1.29 is 18.8 Å². The molecule has 0 saturated heterocycles. The molecule has 1 unspecified atom stereocenters. The molecule has 0 fully saturated rings. The number of carbonyl (C=O) groups is 2. The van der Waals surface area contributed by atoms with Gasteiger partial charge in [0.25, 0.3) is 5.91 Å². The molecule has 26 heavy (non-hydrogen) atoms. The number of aromatic nitrogens is 1. The summed E-state index contributed by atoms with van der Waals surface area (Å²) in [5.41, 5.74) is 1.24. The van der Waals surface area contributed by atoms with Crippen LogP contribution in [0.15, 0.2) is 39.8 Å². The predicted molar refractivity (Wildman–Crippen MR) is 100.0 cm³/mol. The average Bonchev–Trinajstić information content (AvgIpc) is 3.03. The van der Waals surface area contributed by atoms with Crippen LogP contribution in [0.3, 0.4) is 0 Å². The van der Waals surface area contributed by atoms with Crippen LogP contribution >= 0.6 is 11.8 Å². The zero-order valence-corrected chi connectivity index (χ0v) is 16.3. The Labute approximate surface area is 157 Å². The highest BCUT2D eigenvalue weighted by atomic mass is 32.2. The van der Waals surface area contributed by atoms with E-state index in [0.29, 0.717) is 17.2 Å². The van der Waals surface area contributed by atoms with Gasteiger partial charge in [-0.1, -0.05) is 31.1 Å². The zero-order valence-electron chi connectivity index (χ0n) is 15.4. The lowest BCUT2D eigenvalue weighted by Gasteiger charge is -2.17. The second-order valence-electron chi connectivity index (χ2n) is 6.40. The smallest absolute Gasteiger partial charge is 0.339 e. The first-order valence-electron chi connectivity index (χ1n) is 8.47. The first-order valence-corrected chi connectivity index (χ1v) is 9.46. The largest absolute Gasteiger partial charge is 0.452 e. The number of benzene rings is 1. The van der Waals surface area contributed by atoms with Gasteiger partial charge in [0.2, 0.25) is 0 Å². The average molecular weight is 376 g/mol. The van der Waals surface area contributed by atoms with Crippen molar-refractivity contribution in [2.45, 2.75) is 44.4 Å². The van der Waals surface area contributed by atoms with E-state index in [-0.39, 0.29) is 18.6 Å². The molecule has 1 aromatic heterocycles. The van der Waals surface area contributed by atoms with E-state index in [1.54, 1.807) is 12.1 Å². The molecule has 0 aliphatic carbocycles. The Morgan fingerprint density at radius 1 is 1.27 bits per heavy atom. The summed E-state index contributed by atoms with van der Waals surface area (Å²) >= 11 is 1.46. The lowest BCUT2D eigenvalue weighted by atomic mass is 10.1. The number of aryl methyl sites for hydroxylation is 1. The maximum Gasteiger partial charge on any atom is 0.339 e. The fourth-order valence-corrected chi connectivity index (χ4v) is 2.98. The standard InChI is InChI=1S/C19H24N2O4S/c1-12(2)14(4)20-18(22)10-24-19(23)16-7-5-6-8-17(16)26-11-15-9-13(3)21-25-15/h5-9,12,14H,10-11H2,1-4H3,(H,20,22). The van der Waals surface area contributed by atoms with Crippen LogP contribution in [0.4, 0.5) is 0 Å². The van der Waals surface area contributed by atoms with Gasteiger partial charge in [-0.15, -0.1) is 11.8 Å². The molecule has 1 aromatic carbocycles. The minimum absolute atomic E-state index is 0.0226. The third kappa shape index (κ3) is 5.91. The fraction of sp³-hybridized carbons (Fsp3) is 0.421. The van der Waals surface area contributed by atoms with Crippen molar-refractivity contribution >= 4 is 23.6 Å². The third-order valence-electron chi connectivity index (χ3n) is 3.88. The number of ether oxygens (including phenoxy) is 1. The number of rotatable bonds is 8. The van der Waals surface area contributed by atoms with E-state index >= 15 is 0 Å². The van der Waals surface area contributed by atoms with Crippen molar-refractivity contribution in [3.05, 3.63) is 47.3 Å². The third-order valence-corrected chi connectivity index (χ3v) is 4.97. The molecule has 0 spiro atoms. The van der Waals surface area contributed by atoms with Crippen LogP contribution in [0.2, 0.25) is 0 Å². The molecule has 6 nitrogen and oxygen atoms in total. The van der Waals surface area contributed by atoms with Crippen molar-refractivity contribution in [2.75, 3.05) is 6.61 Å². The monoisotopic (exact) mass is 376 g/mol. The highest BCUT2D eigenvalue weighted by Crippen LogP contribution is 2.27. The molecule has 1 heterocycles. The molecule has 0 bridgehead atoms. The topological polar surface area (TPSA) is 81.4 Å². The summed E-state index contributed by atoms with van der Waals surface area (Å²) in [5, 5.41) is 6.66. The highest BCUT2D eigenvalue weighted by Gasteiger charge is 2.16. The van der Waals surface area contributed by atoms with Crippen LogP contribution in [0.25, 0.3) is 0 Å². The second-order valence-corrected chi connectivity index (χ2v) is 7.41. The first-order chi connectivity index (χ1) is 12.4. The summed E-state index contributed by atoms with van der Waals surface area (Å²) in [6.07, 6.45) is 0. The molecule has 2 rings (SSSR count). The molecule has 0 aliphatic heterocycles. The summed E-state index contributed by atoms with van der Waals surface area (Å²) in [6.45, 7) is 7.51. The molecule has 0 aliphatic rings. The maximum absolute atomic E-state index is 12.4. The Hall–Kier alpha value is -2.28. The van der Waals surface area contributed by atoms with Crippen LogP contribution in [0.1, 0.15) is 42.6 Å². The fourth-order valence-electron chi connectivity index (χ4n) is 2.07. The molecule has 0 radical (unpaired) electrons. The van der Waals surface area contributed by atoms with Gasteiger partial charge in [0.1, 0.15) is 5.76 Å². The Kier molecular flexibility index (Phi) is 7.26. The molecule has 1 amide bonds. The van der Waals surface area contributed by atoms with Crippen molar-refractivity contribution in [1.82, 2.24) is 10.5 Å². The Bertz CT molecular complexity index is 758. The van der Waals surface area contributed by atoms with Gasteiger partial charge in [-0.3, -0.25) is 4.79 Å². The van der Waals surface area contributed by atoms with Gasteiger partial charge in [0.15, 0.2) is 6.61 Å². The van der Waals surface area contributed by atoms with Gasteiger partial charge in [-0.05, 0) is 31.9 Å². The van der Waals surface area contributed by atoms with Gasteiger partial charge >= 0.3 is 5.97 Å². The Morgan fingerprint density at radius 2 is 2.00 bits per heavy atom. The summed E-state index contributed by atoms with van der Waals surface area (Å²) in [6, 6.07) is 9.02. The highest BCUT2D eigenvalue weighted by molar-refractivity contribution is 7.98. The summed E-state index contributed by atoms with van der Waals surface area (Å²) in [5.74, 6) is 0.776.